The Balaban J connectivity index is 2.42. The molecule has 1 aromatic carbocycles. The van der Waals surface area contributed by atoms with Crippen LogP contribution in [0.25, 0.3) is 11.0 Å². The highest BCUT2D eigenvalue weighted by Crippen LogP contribution is 2.27. The standard InChI is InChI=1S/C12H15NO2/c1-12(2,8-15-13)10-3-4-11-9(7-10)5-6-14-11/h3-7H,8,13H2,1-2H3. The molecule has 15 heavy (non-hydrogen) atoms. The Labute approximate surface area is 88.8 Å². The normalized spacial score (nSPS) is 12.2. The lowest BCUT2D eigenvalue weighted by atomic mass is 9.85. The van der Waals surface area contributed by atoms with Gasteiger partial charge in [-0.05, 0) is 23.8 Å². The van der Waals surface area contributed by atoms with Gasteiger partial charge in [0.1, 0.15) is 5.58 Å². The molecule has 0 spiro atoms. The van der Waals surface area contributed by atoms with Crippen LogP contribution in [0.3, 0.4) is 0 Å². The summed E-state index contributed by atoms with van der Waals surface area (Å²) in [6.07, 6.45) is 1.70. The van der Waals surface area contributed by atoms with Crippen molar-refractivity contribution in [2.45, 2.75) is 19.3 Å². The molecule has 0 atom stereocenters. The zero-order valence-electron chi connectivity index (χ0n) is 8.99. The second kappa shape index (κ2) is 3.68. The molecule has 2 N–H and O–H groups in total. The van der Waals surface area contributed by atoms with Crippen LogP contribution < -0.4 is 5.90 Å². The largest absolute Gasteiger partial charge is 0.464 e. The highest BCUT2D eigenvalue weighted by Gasteiger charge is 2.21. The Kier molecular flexibility index (Phi) is 2.50. The van der Waals surface area contributed by atoms with Crippen LogP contribution in [-0.2, 0) is 10.3 Å². The van der Waals surface area contributed by atoms with Crippen molar-refractivity contribution in [3.63, 3.8) is 0 Å². The average Bonchev–Trinajstić information content (AvgIpc) is 2.63. The van der Waals surface area contributed by atoms with Gasteiger partial charge in [0.2, 0.25) is 0 Å². The molecule has 0 saturated carbocycles. The van der Waals surface area contributed by atoms with Gasteiger partial charge in [-0.1, -0.05) is 19.9 Å². The smallest absolute Gasteiger partial charge is 0.133 e. The van der Waals surface area contributed by atoms with Crippen LogP contribution in [0.1, 0.15) is 19.4 Å². The van der Waals surface area contributed by atoms with E-state index in [2.05, 4.69) is 19.9 Å². The van der Waals surface area contributed by atoms with E-state index in [1.165, 1.54) is 5.56 Å². The van der Waals surface area contributed by atoms with Crippen molar-refractivity contribution < 1.29 is 9.25 Å². The Morgan fingerprint density at radius 3 is 2.87 bits per heavy atom. The van der Waals surface area contributed by atoms with Gasteiger partial charge in [0.25, 0.3) is 0 Å². The first-order chi connectivity index (χ1) is 7.13. The quantitative estimate of drug-likeness (QED) is 0.783. The predicted molar refractivity (Wildman–Crippen MR) is 59.4 cm³/mol. The monoisotopic (exact) mass is 205 g/mol. The molecule has 0 saturated heterocycles. The highest BCUT2D eigenvalue weighted by molar-refractivity contribution is 5.78. The van der Waals surface area contributed by atoms with E-state index >= 15 is 0 Å². The highest BCUT2D eigenvalue weighted by atomic mass is 16.6. The Morgan fingerprint density at radius 2 is 2.13 bits per heavy atom. The molecular weight excluding hydrogens is 190 g/mol. The first kappa shape index (κ1) is 10.2. The van der Waals surface area contributed by atoms with E-state index in [9.17, 15) is 0 Å². The fourth-order valence-electron chi connectivity index (χ4n) is 1.68. The number of hydrogen-bond acceptors (Lipinski definition) is 3. The molecule has 0 aliphatic carbocycles. The lowest BCUT2D eigenvalue weighted by Gasteiger charge is -2.23. The van der Waals surface area contributed by atoms with E-state index in [0.717, 1.165) is 11.0 Å². The zero-order valence-corrected chi connectivity index (χ0v) is 8.99. The minimum atomic E-state index is -0.0831. The molecule has 2 aromatic rings. The lowest BCUT2D eigenvalue weighted by Crippen LogP contribution is -2.26. The fraction of sp³-hybridized carbons (Fsp3) is 0.333. The van der Waals surface area contributed by atoms with Gasteiger partial charge in [0.05, 0.1) is 12.9 Å². The molecule has 0 amide bonds. The van der Waals surface area contributed by atoms with Crippen molar-refractivity contribution in [1.29, 1.82) is 0 Å². The first-order valence-corrected chi connectivity index (χ1v) is 4.93. The van der Waals surface area contributed by atoms with Crippen LogP contribution in [0.4, 0.5) is 0 Å². The third-order valence-electron chi connectivity index (χ3n) is 2.68. The van der Waals surface area contributed by atoms with Crippen LogP contribution in [0.2, 0.25) is 0 Å². The van der Waals surface area contributed by atoms with Gasteiger partial charge in [-0.2, -0.15) is 0 Å². The maximum absolute atomic E-state index is 5.29. The van der Waals surface area contributed by atoms with E-state index in [4.69, 9.17) is 15.2 Å². The maximum atomic E-state index is 5.29. The van der Waals surface area contributed by atoms with E-state index < -0.39 is 0 Å². The molecule has 0 radical (unpaired) electrons. The third kappa shape index (κ3) is 1.89. The maximum Gasteiger partial charge on any atom is 0.133 e. The van der Waals surface area contributed by atoms with Crippen molar-refractivity contribution in [2.75, 3.05) is 6.61 Å². The molecule has 3 nitrogen and oxygen atoms in total. The topological polar surface area (TPSA) is 48.4 Å². The summed E-state index contributed by atoms with van der Waals surface area (Å²) in [6, 6.07) is 8.09. The molecule has 0 bridgehead atoms. The Morgan fingerprint density at radius 1 is 1.33 bits per heavy atom. The predicted octanol–water partition coefficient (Wildman–Crippen LogP) is 2.60. The van der Waals surface area contributed by atoms with Crippen LogP contribution in [-0.4, -0.2) is 6.61 Å². The van der Waals surface area contributed by atoms with Crippen molar-refractivity contribution in [1.82, 2.24) is 0 Å². The van der Waals surface area contributed by atoms with E-state index in [0.29, 0.717) is 6.61 Å². The second-order valence-electron chi connectivity index (χ2n) is 4.37. The number of rotatable bonds is 3. The Bertz CT molecular complexity index is 459. The van der Waals surface area contributed by atoms with E-state index in [1.54, 1.807) is 6.26 Å². The van der Waals surface area contributed by atoms with Crippen molar-refractivity contribution in [2.24, 2.45) is 5.90 Å². The van der Waals surface area contributed by atoms with E-state index in [-0.39, 0.29) is 5.41 Å². The van der Waals surface area contributed by atoms with Gasteiger partial charge in [-0.25, -0.2) is 5.90 Å². The summed E-state index contributed by atoms with van der Waals surface area (Å²) >= 11 is 0. The van der Waals surface area contributed by atoms with Crippen LogP contribution >= 0.6 is 0 Å². The molecule has 0 unspecified atom stereocenters. The summed E-state index contributed by atoms with van der Waals surface area (Å²) in [4.78, 5) is 4.73. The molecule has 2 rings (SSSR count). The lowest BCUT2D eigenvalue weighted by molar-refractivity contribution is 0.0965. The van der Waals surface area contributed by atoms with Crippen molar-refractivity contribution in [3.05, 3.63) is 36.1 Å². The van der Waals surface area contributed by atoms with Gasteiger partial charge < -0.3 is 9.25 Å². The molecule has 80 valence electrons. The molecule has 0 fully saturated rings. The molecule has 1 heterocycles. The third-order valence-corrected chi connectivity index (χ3v) is 2.68. The van der Waals surface area contributed by atoms with Gasteiger partial charge in [0, 0.05) is 10.8 Å². The molecule has 0 aliphatic rings. The molecule has 0 aliphatic heterocycles. The zero-order chi connectivity index (χ0) is 10.9. The fourth-order valence-corrected chi connectivity index (χ4v) is 1.68. The van der Waals surface area contributed by atoms with Crippen molar-refractivity contribution in [3.8, 4) is 0 Å². The first-order valence-electron chi connectivity index (χ1n) is 4.93. The number of nitrogens with two attached hydrogens (primary N) is 1. The van der Waals surface area contributed by atoms with E-state index in [1.807, 2.05) is 18.2 Å². The summed E-state index contributed by atoms with van der Waals surface area (Å²) in [5, 5.41) is 1.11. The molecule has 1 aromatic heterocycles. The summed E-state index contributed by atoms with van der Waals surface area (Å²) in [5.41, 5.74) is 2.02. The number of furan rings is 1. The number of hydrogen-bond donors (Lipinski definition) is 1. The summed E-state index contributed by atoms with van der Waals surface area (Å²) in [7, 11) is 0. The van der Waals surface area contributed by atoms with Gasteiger partial charge in [-0.15, -0.1) is 0 Å². The molecular formula is C12H15NO2. The minimum absolute atomic E-state index is 0.0831. The summed E-state index contributed by atoms with van der Waals surface area (Å²) in [5.74, 6) is 5.13. The average molecular weight is 205 g/mol. The summed E-state index contributed by atoms with van der Waals surface area (Å²) in [6.45, 7) is 4.69. The SMILES string of the molecule is CC(C)(CON)c1ccc2occc2c1. The Hall–Kier alpha value is -1.32. The second-order valence-corrected chi connectivity index (χ2v) is 4.37. The van der Waals surface area contributed by atoms with Crippen LogP contribution in [0.15, 0.2) is 34.9 Å². The number of fused-ring (bicyclic) bond motifs is 1. The van der Waals surface area contributed by atoms with Gasteiger partial charge >= 0.3 is 0 Å². The van der Waals surface area contributed by atoms with Gasteiger partial charge in [-0.3, -0.25) is 0 Å². The minimum Gasteiger partial charge on any atom is -0.464 e. The number of benzene rings is 1. The van der Waals surface area contributed by atoms with Gasteiger partial charge in [0.15, 0.2) is 0 Å². The molecule has 3 heteroatoms. The van der Waals surface area contributed by atoms with Crippen LogP contribution in [0, 0.1) is 0 Å². The van der Waals surface area contributed by atoms with Crippen molar-refractivity contribution >= 4 is 11.0 Å². The van der Waals surface area contributed by atoms with Crippen LogP contribution in [0.5, 0.6) is 0 Å². The summed E-state index contributed by atoms with van der Waals surface area (Å²) < 4.78 is 5.29.